The van der Waals surface area contributed by atoms with Crippen LogP contribution < -0.4 is 5.73 Å². The Morgan fingerprint density at radius 3 is 2.39 bits per heavy atom. The number of nitrogens with two attached hydrogens (primary N) is 1. The smallest absolute Gasteiger partial charge is 0.113 e. The molecule has 96 valence electrons. The minimum Gasteiger partial charge on any atom is -0.383 e. The molecule has 3 N–H and O–H groups in total. The highest BCUT2D eigenvalue weighted by molar-refractivity contribution is 7.10. The molecule has 18 heavy (non-hydrogen) atoms. The van der Waals surface area contributed by atoms with Crippen LogP contribution in [0.2, 0.25) is 0 Å². The molecule has 0 saturated heterocycles. The van der Waals surface area contributed by atoms with Gasteiger partial charge < -0.3 is 10.8 Å². The van der Waals surface area contributed by atoms with Crippen molar-refractivity contribution in [1.29, 1.82) is 0 Å². The molecule has 0 aliphatic carbocycles. The molecule has 2 nitrogen and oxygen atoms in total. The number of thiophene rings is 1. The molecule has 0 aliphatic rings. The molecule has 0 spiro atoms. The highest BCUT2D eigenvalue weighted by atomic mass is 32.1. The molecule has 0 saturated carbocycles. The first-order valence-electron chi connectivity index (χ1n) is 6.06. The van der Waals surface area contributed by atoms with Crippen molar-refractivity contribution in [3.05, 3.63) is 57.8 Å². The van der Waals surface area contributed by atoms with Gasteiger partial charge in [0.1, 0.15) is 6.10 Å². The number of rotatable bonds is 4. The third kappa shape index (κ3) is 2.64. The van der Waals surface area contributed by atoms with Gasteiger partial charge in [0.25, 0.3) is 0 Å². The maximum Gasteiger partial charge on any atom is 0.113 e. The fourth-order valence-electron chi connectivity index (χ4n) is 1.85. The molecule has 1 unspecified atom stereocenters. The van der Waals surface area contributed by atoms with Gasteiger partial charge in [-0.2, -0.15) is 0 Å². The average Bonchev–Trinajstić information content (AvgIpc) is 2.92. The molecule has 1 aromatic heterocycles. The van der Waals surface area contributed by atoms with Crippen molar-refractivity contribution in [2.24, 2.45) is 5.73 Å². The number of benzene rings is 1. The Kier molecular flexibility index (Phi) is 3.85. The first-order chi connectivity index (χ1) is 8.54. The molecule has 1 atom stereocenters. The summed E-state index contributed by atoms with van der Waals surface area (Å²) in [6.07, 6.45) is -0.528. The van der Waals surface area contributed by atoms with E-state index in [1.54, 1.807) is 11.3 Å². The quantitative estimate of drug-likeness (QED) is 0.888. The largest absolute Gasteiger partial charge is 0.383 e. The molecule has 1 aromatic carbocycles. The lowest BCUT2D eigenvalue weighted by Gasteiger charge is -2.23. The number of aliphatic hydroxyl groups is 1. The van der Waals surface area contributed by atoms with Crippen LogP contribution in [-0.4, -0.2) is 11.7 Å². The van der Waals surface area contributed by atoms with Crippen LogP contribution in [-0.2, 0) is 5.41 Å². The molecule has 0 fully saturated rings. The maximum absolute atomic E-state index is 10.2. The third-order valence-corrected chi connectivity index (χ3v) is 4.26. The predicted octanol–water partition coefficient (Wildman–Crippen LogP) is 3.07. The summed E-state index contributed by atoms with van der Waals surface area (Å²) >= 11 is 1.57. The summed E-state index contributed by atoms with van der Waals surface area (Å²) in [6.45, 7) is 4.86. The van der Waals surface area contributed by atoms with E-state index in [0.29, 0.717) is 6.54 Å². The summed E-state index contributed by atoms with van der Waals surface area (Å²) in [5, 5.41) is 12.2. The van der Waals surface area contributed by atoms with Crippen LogP contribution in [0.15, 0.2) is 41.8 Å². The molecular formula is C15H19NOS. The van der Waals surface area contributed by atoms with Gasteiger partial charge in [0, 0.05) is 16.8 Å². The lowest BCUT2D eigenvalue weighted by Crippen LogP contribution is -2.27. The van der Waals surface area contributed by atoms with E-state index in [9.17, 15) is 5.11 Å². The van der Waals surface area contributed by atoms with Crippen LogP contribution in [0.5, 0.6) is 0 Å². The molecular weight excluding hydrogens is 242 g/mol. The first kappa shape index (κ1) is 13.3. The predicted molar refractivity (Wildman–Crippen MR) is 76.9 cm³/mol. The van der Waals surface area contributed by atoms with E-state index in [0.717, 1.165) is 10.4 Å². The van der Waals surface area contributed by atoms with E-state index in [2.05, 4.69) is 26.0 Å². The van der Waals surface area contributed by atoms with Crippen LogP contribution in [0.3, 0.4) is 0 Å². The van der Waals surface area contributed by atoms with Crippen molar-refractivity contribution in [1.82, 2.24) is 0 Å². The van der Waals surface area contributed by atoms with Gasteiger partial charge in [0.2, 0.25) is 0 Å². The minimum absolute atomic E-state index is 0.0214. The topological polar surface area (TPSA) is 46.2 Å². The molecule has 0 bridgehead atoms. The van der Waals surface area contributed by atoms with E-state index in [1.807, 2.05) is 29.6 Å². The second kappa shape index (κ2) is 5.22. The molecule has 0 aliphatic heterocycles. The Morgan fingerprint density at radius 2 is 1.89 bits per heavy atom. The lowest BCUT2D eigenvalue weighted by molar-refractivity contribution is 0.224. The van der Waals surface area contributed by atoms with E-state index in [4.69, 9.17) is 5.73 Å². The normalized spacial score (nSPS) is 13.6. The maximum atomic E-state index is 10.2. The Bertz CT molecular complexity index is 488. The van der Waals surface area contributed by atoms with Crippen LogP contribution >= 0.6 is 11.3 Å². The number of hydrogen-bond donors (Lipinski definition) is 2. The molecule has 2 aromatic rings. The van der Waals surface area contributed by atoms with E-state index < -0.39 is 6.10 Å². The summed E-state index contributed by atoms with van der Waals surface area (Å²) in [5.74, 6) is 0. The summed E-state index contributed by atoms with van der Waals surface area (Å²) < 4.78 is 0. The fraction of sp³-hybridized carbons (Fsp3) is 0.333. The van der Waals surface area contributed by atoms with Crippen molar-refractivity contribution < 1.29 is 5.11 Å². The van der Waals surface area contributed by atoms with E-state index in [-0.39, 0.29) is 5.41 Å². The second-order valence-corrected chi connectivity index (χ2v) is 6.11. The molecule has 2 rings (SSSR count). The first-order valence-corrected chi connectivity index (χ1v) is 6.94. The summed E-state index contributed by atoms with van der Waals surface area (Å²) in [5.41, 5.74) is 7.87. The molecule has 0 amide bonds. The van der Waals surface area contributed by atoms with Crippen molar-refractivity contribution in [2.45, 2.75) is 25.4 Å². The number of hydrogen-bond acceptors (Lipinski definition) is 3. The van der Waals surface area contributed by atoms with Gasteiger partial charge in [-0.1, -0.05) is 44.2 Å². The highest BCUT2D eigenvalue weighted by Gasteiger charge is 2.19. The zero-order valence-electron chi connectivity index (χ0n) is 10.8. The van der Waals surface area contributed by atoms with E-state index >= 15 is 0 Å². The van der Waals surface area contributed by atoms with Crippen molar-refractivity contribution >= 4 is 11.3 Å². The van der Waals surface area contributed by atoms with Gasteiger partial charge >= 0.3 is 0 Å². The lowest BCUT2D eigenvalue weighted by atomic mass is 9.84. The van der Waals surface area contributed by atoms with Gasteiger partial charge in [0.05, 0.1) is 0 Å². The molecule has 3 heteroatoms. The standard InChI is InChI=1S/C15H19NOS/c1-15(2,10-16)12-7-5-11(6-8-12)14(17)13-4-3-9-18-13/h3-9,14,17H,10,16H2,1-2H3. The van der Waals surface area contributed by atoms with Gasteiger partial charge in [-0.05, 0) is 22.6 Å². The zero-order valence-corrected chi connectivity index (χ0v) is 11.6. The Morgan fingerprint density at radius 1 is 1.22 bits per heavy atom. The fourth-order valence-corrected chi connectivity index (χ4v) is 2.58. The van der Waals surface area contributed by atoms with Crippen molar-refractivity contribution in [3.63, 3.8) is 0 Å². The van der Waals surface area contributed by atoms with Crippen LogP contribution in [0.25, 0.3) is 0 Å². The SMILES string of the molecule is CC(C)(CN)c1ccc(C(O)c2cccs2)cc1. The van der Waals surface area contributed by atoms with Gasteiger partial charge in [0.15, 0.2) is 0 Å². The third-order valence-electron chi connectivity index (χ3n) is 3.33. The van der Waals surface area contributed by atoms with Crippen LogP contribution in [0.4, 0.5) is 0 Å². The molecule has 1 heterocycles. The van der Waals surface area contributed by atoms with Crippen molar-refractivity contribution in [2.75, 3.05) is 6.54 Å². The summed E-state index contributed by atoms with van der Waals surface area (Å²) in [4.78, 5) is 0.973. The number of aliphatic hydroxyl groups excluding tert-OH is 1. The van der Waals surface area contributed by atoms with E-state index in [1.165, 1.54) is 5.56 Å². The second-order valence-electron chi connectivity index (χ2n) is 5.13. The van der Waals surface area contributed by atoms with Crippen LogP contribution in [0, 0.1) is 0 Å². The minimum atomic E-state index is -0.528. The monoisotopic (exact) mass is 261 g/mol. The summed E-state index contributed by atoms with van der Waals surface area (Å²) in [7, 11) is 0. The van der Waals surface area contributed by atoms with Gasteiger partial charge in [-0.15, -0.1) is 11.3 Å². The van der Waals surface area contributed by atoms with Crippen LogP contribution in [0.1, 0.15) is 36.0 Å². The Labute approximate surface area is 112 Å². The van der Waals surface area contributed by atoms with Gasteiger partial charge in [-0.3, -0.25) is 0 Å². The van der Waals surface area contributed by atoms with Gasteiger partial charge in [-0.25, -0.2) is 0 Å². The zero-order chi connectivity index (χ0) is 13.2. The Balaban J connectivity index is 2.23. The van der Waals surface area contributed by atoms with Crippen molar-refractivity contribution in [3.8, 4) is 0 Å². The highest BCUT2D eigenvalue weighted by Crippen LogP contribution is 2.28. The summed E-state index contributed by atoms with van der Waals surface area (Å²) in [6, 6.07) is 12.0. The Hall–Kier alpha value is -1.16. The average molecular weight is 261 g/mol. The molecule has 0 radical (unpaired) electrons.